The summed E-state index contributed by atoms with van der Waals surface area (Å²) in [6, 6.07) is 1.76. The average molecular weight is 255 g/mol. The van der Waals surface area contributed by atoms with Crippen LogP contribution in [-0.2, 0) is 4.74 Å². The molecule has 0 spiro atoms. The van der Waals surface area contributed by atoms with Gasteiger partial charge in [0.25, 0.3) is 0 Å². The van der Waals surface area contributed by atoms with Gasteiger partial charge in [-0.25, -0.2) is 4.98 Å². The Bertz CT molecular complexity index is 354. The molecule has 0 aromatic carbocycles. The van der Waals surface area contributed by atoms with E-state index in [-0.39, 0.29) is 12.6 Å². The molecule has 0 fully saturated rings. The summed E-state index contributed by atoms with van der Waals surface area (Å²) in [7, 11) is 1.63. The fourth-order valence-corrected chi connectivity index (χ4v) is 1.60. The Morgan fingerprint density at radius 1 is 1.44 bits per heavy atom. The van der Waals surface area contributed by atoms with Gasteiger partial charge in [0.05, 0.1) is 19.3 Å². The molecule has 0 aliphatic rings. The molecule has 1 atom stereocenters. The van der Waals surface area contributed by atoms with Gasteiger partial charge in [0.2, 0.25) is 5.88 Å². The maximum Gasteiger partial charge on any atom is 0.218 e. The standard InChI is InChI=1S/C12H21N3O3/c1-4-18-12-7-11(13-9(2)14-12)15-10(5-6-16)8-17-3/h7,10,16H,4-6,8H2,1-3H3,(H,13,14,15). The minimum atomic E-state index is 0.0174. The minimum absolute atomic E-state index is 0.0174. The van der Waals surface area contributed by atoms with E-state index in [0.29, 0.717) is 37.2 Å². The van der Waals surface area contributed by atoms with Gasteiger partial charge in [0.15, 0.2) is 0 Å². The number of ether oxygens (including phenoxy) is 2. The number of aryl methyl sites for hydroxylation is 1. The second-order valence-corrected chi connectivity index (χ2v) is 3.88. The van der Waals surface area contributed by atoms with E-state index in [1.165, 1.54) is 0 Å². The van der Waals surface area contributed by atoms with Crippen LogP contribution in [0.5, 0.6) is 5.88 Å². The highest BCUT2D eigenvalue weighted by Crippen LogP contribution is 2.14. The zero-order valence-electron chi connectivity index (χ0n) is 11.1. The number of hydrogen-bond donors (Lipinski definition) is 2. The molecule has 1 rings (SSSR count). The topological polar surface area (TPSA) is 76.5 Å². The smallest absolute Gasteiger partial charge is 0.218 e. The number of methoxy groups -OCH3 is 1. The summed E-state index contributed by atoms with van der Waals surface area (Å²) >= 11 is 0. The second-order valence-electron chi connectivity index (χ2n) is 3.88. The molecule has 1 heterocycles. The van der Waals surface area contributed by atoms with Gasteiger partial charge in [0.1, 0.15) is 11.6 Å². The van der Waals surface area contributed by atoms with Crippen molar-refractivity contribution in [2.24, 2.45) is 0 Å². The number of nitrogens with one attached hydrogen (secondary N) is 1. The van der Waals surface area contributed by atoms with Crippen LogP contribution >= 0.6 is 0 Å². The molecule has 1 aromatic rings. The first-order valence-corrected chi connectivity index (χ1v) is 6.04. The van der Waals surface area contributed by atoms with Crippen LogP contribution in [0, 0.1) is 6.92 Å². The number of aromatic nitrogens is 2. The molecule has 0 bridgehead atoms. The van der Waals surface area contributed by atoms with Crippen LogP contribution in [0.4, 0.5) is 5.82 Å². The third-order valence-electron chi connectivity index (χ3n) is 2.30. The van der Waals surface area contributed by atoms with Crippen LogP contribution < -0.4 is 10.1 Å². The highest BCUT2D eigenvalue weighted by Gasteiger charge is 2.10. The van der Waals surface area contributed by atoms with E-state index in [1.807, 2.05) is 13.8 Å². The predicted molar refractivity (Wildman–Crippen MR) is 68.9 cm³/mol. The summed E-state index contributed by atoms with van der Waals surface area (Å²) in [5.74, 6) is 1.87. The van der Waals surface area contributed by atoms with Crippen LogP contribution in [0.25, 0.3) is 0 Å². The maximum absolute atomic E-state index is 8.98. The zero-order valence-corrected chi connectivity index (χ0v) is 11.1. The molecule has 102 valence electrons. The second kappa shape index (κ2) is 7.84. The molecular formula is C12H21N3O3. The molecule has 0 saturated carbocycles. The Hall–Kier alpha value is -1.40. The van der Waals surface area contributed by atoms with E-state index < -0.39 is 0 Å². The lowest BCUT2D eigenvalue weighted by Crippen LogP contribution is -2.26. The van der Waals surface area contributed by atoms with Crippen molar-refractivity contribution in [2.45, 2.75) is 26.3 Å². The van der Waals surface area contributed by atoms with Gasteiger partial charge in [-0.3, -0.25) is 0 Å². The number of rotatable bonds is 8. The first-order chi connectivity index (χ1) is 8.69. The highest BCUT2D eigenvalue weighted by atomic mass is 16.5. The Morgan fingerprint density at radius 2 is 2.22 bits per heavy atom. The van der Waals surface area contributed by atoms with Crippen molar-refractivity contribution < 1.29 is 14.6 Å². The molecular weight excluding hydrogens is 234 g/mol. The summed E-state index contributed by atoms with van der Waals surface area (Å²) in [6.45, 7) is 4.89. The minimum Gasteiger partial charge on any atom is -0.478 e. The summed E-state index contributed by atoms with van der Waals surface area (Å²) in [5.41, 5.74) is 0. The van der Waals surface area contributed by atoms with E-state index in [4.69, 9.17) is 14.6 Å². The van der Waals surface area contributed by atoms with Gasteiger partial charge in [0, 0.05) is 19.8 Å². The lowest BCUT2D eigenvalue weighted by molar-refractivity contribution is 0.170. The van der Waals surface area contributed by atoms with Crippen LogP contribution in [-0.4, -0.2) is 48.0 Å². The molecule has 1 aromatic heterocycles. The van der Waals surface area contributed by atoms with E-state index in [0.717, 1.165) is 0 Å². The number of hydrogen-bond acceptors (Lipinski definition) is 6. The number of aliphatic hydroxyl groups excluding tert-OH is 1. The third kappa shape index (κ3) is 4.85. The van der Waals surface area contributed by atoms with Crippen molar-refractivity contribution in [3.8, 4) is 5.88 Å². The van der Waals surface area contributed by atoms with E-state index in [9.17, 15) is 0 Å². The first kappa shape index (κ1) is 14.7. The molecule has 1 unspecified atom stereocenters. The number of anilines is 1. The largest absolute Gasteiger partial charge is 0.478 e. The average Bonchev–Trinajstić information content (AvgIpc) is 2.29. The summed E-state index contributed by atoms with van der Waals surface area (Å²) < 4.78 is 10.4. The Kier molecular flexibility index (Phi) is 6.38. The molecule has 2 N–H and O–H groups in total. The fraction of sp³-hybridized carbons (Fsp3) is 0.667. The van der Waals surface area contributed by atoms with Crippen molar-refractivity contribution in [1.29, 1.82) is 0 Å². The zero-order chi connectivity index (χ0) is 13.4. The summed E-state index contributed by atoms with van der Waals surface area (Å²) in [5, 5.41) is 12.2. The van der Waals surface area contributed by atoms with Gasteiger partial charge in [-0.15, -0.1) is 0 Å². The van der Waals surface area contributed by atoms with Crippen molar-refractivity contribution >= 4 is 5.82 Å². The van der Waals surface area contributed by atoms with Gasteiger partial charge < -0.3 is 19.9 Å². The third-order valence-corrected chi connectivity index (χ3v) is 2.30. The predicted octanol–water partition coefficient (Wildman–Crippen LogP) is 0.993. The Morgan fingerprint density at radius 3 is 2.83 bits per heavy atom. The monoisotopic (exact) mass is 255 g/mol. The molecule has 6 nitrogen and oxygen atoms in total. The first-order valence-electron chi connectivity index (χ1n) is 6.04. The molecule has 0 amide bonds. The molecule has 6 heteroatoms. The van der Waals surface area contributed by atoms with Gasteiger partial charge >= 0.3 is 0 Å². The molecule has 18 heavy (non-hydrogen) atoms. The van der Waals surface area contributed by atoms with Crippen molar-refractivity contribution in [3.63, 3.8) is 0 Å². The van der Waals surface area contributed by atoms with E-state index in [2.05, 4.69) is 15.3 Å². The Balaban J connectivity index is 2.74. The Labute approximate surface area is 107 Å². The normalized spacial score (nSPS) is 12.2. The molecule has 0 aliphatic heterocycles. The SMILES string of the molecule is CCOc1cc(NC(CCO)COC)nc(C)n1. The number of aliphatic hydroxyl groups is 1. The molecule has 0 aliphatic carbocycles. The van der Waals surface area contributed by atoms with Crippen LogP contribution in [0.2, 0.25) is 0 Å². The molecule has 0 saturated heterocycles. The van der Waals surface area contributed by atoms with Gasteiger partial charge in [-0.05, 0) is 20.3 Å². The summed E-state index contributed by atoms with van der Waals surface area (Å²) in [4.78, 5) is 8.45. The van der Waals surface area contributed by atoms with E-state index >= 15 is 0 Å². The van der Waals surface area contributed by atoms with Crippen LogP contribution in [0.1, 0.15) is 19.2 Å². The van der Waals surface area contributed by atoms with Crippen molar-refractivity contribution in [3.05, 3.63) is 11.9 Å². The fourth-order valence-electron chi connectivity index (χ4n) is 1.60. The quantitative estimate of drug-likeness (QED) is 0.721. The van der Waals surface area contributed by atoms with Crippen molar-refractivity contribution in [1.82, 2.24) is 9.97 Å². The van der Waals surface area contributed by atoms with Gasteiger partial charge in [-0.2, -0.15) is 4.98 Å². The van der Waals surface area contributed by atoms with Gasteiger partial charge in [-0.1, -0.05) is 0 Å². The van der Waals surface area contributed by atoms with Crippen LogP contribution in [0.15, 0.2) is 6.07 Å². The van der Waals surface area contributed by atoms with E-state index in [1.54, 1.807) is 13.2 Å². The lowest BCUT2D eigenvalue weighted by atomic mass is 10.2. The highest BCUT2D eigenvalue weighted by molar-refractivity contribution is 5.39. The summed E-state index contributed by atoms with van der Waals surface area (Å²) in [6.07, 6.45) is 0.598. The molecule has 0 radical (unpaired) electrons. The van der Waals surface area contributed by atoms with Crippen LogP contribution in [0.3, 0.4) is 0 Å². The number of nitrogens with zero attached hydrogens (tertiary/aromatic N) is 2. The lowest BCUT2D eigenvalue weighted by Gasteiger charge is -2.18. The maximum atomic E-state index is 8.98. The van der Waals surface area contributed by atoms with Crippen molar-refractivity contribution in [2.75, 3.05) is 32.2 Å².